The number of hydrogen-bond donors (Lipinski definition) is 1. The Morgan fingerprint density at radius 2 is 1.73 bits per heavy atom. The second-order valence-electron chi connectivity index (χ2n) is 8.19. The summed E-state index contributed by atoms with van der Waals surface area (Å²) < 4.78 is 30.5. The van der Waals surface area contributed by atoms with Gasteiger partial charge in [-0.25, -0.2) is 23.5 Å². The topological polar surface area (TPSA) is 103 Å². The molecule has 0 radical (unpaired) electrons. The monoisotopic (exact) mass is 463 g/mol. The zero-order valence-corrected chi connectivity index (χ0v) is 19.1. The largest absolute Gasteiger partial charge is 0.378 e. The molecule has 0 unspecified atom stereocenters. The van der Waals surface area contributed by atoms with Crippen molar-refractivity contribution in [2.75, 3.05) is 31.2 Å². The van der Waals surface area contributed by atoms with E-state index in [9.17, 15) is 8.42 Å². The highest BCUT2D eigenvalue weighted by atomic mass is 32.2. The quantitative estimate of drug-likeness (QED) is 0.488. The molecule has 0 saturated carbocycles. The summed E-state index contributed by atoms with van der Waals surface area (Å²) in [6, 6.07) is 15.1. The van der Waals surface area contributed by atoms with Crippen LogP contribution in [0.4, 0.5) is 5.69 Å². The predicted octanol–water partition coefficient (Wildman–Crippen LogP) is 2.71. The van der Waals surface area contributed by atoms with Crippen molar-refractivity contribution in [3.63, 3.8) is 0 Å². The fourth-order valence-electron chi connectivity index (χ4n) is 4.14. The van der Waals surface area contributed by atoms with E-state index >= 15 is 0 Å². The van der Waals surface area contributed by atoms with Crippen LogP contribution in [-0.4, -0.2) is 49.3 Å². The summed E-state index contributed by atoms with van der Waals surface area (Å²) in [6.07, 6.45) is 4.44. The molecular weight excluding hydrogens is 438 g/mol. The first-order chi connectivity index (χ1) is 15.9. The highest BCUT2D eigenvalue weighted by Crippen LogP contribution is 2.29. The molecule has 170 valence electrons. The lowest BCUT2D eigenvalue weighted by molar-refractivity contribution is 0.122. The molecule has 2 N–H and O–H groups in total. The number of primary sulfonamides is 1. The Morgan fingerprint density at radius 1 is 1.03 bits per heavy atom. The van der Waals surface area contributed by atoms with E-state index in [4.69, 9.17) is 14.9 Å². The summed E-state index contributed by atoms with van der Waals surface area (Å²) >= 11 is 0. The number of sulfonamides is 1. The molecule has 0 atom stereocenters. The Morgan fingerprint density at radius 3 is 2.39 bits per heavy atom. The number of aromatic nitrogens is 3. The van der Waals surface area contributed by atoms with Crippen molar-refractivity contribution >= 4 is 26.7 Å². The smallest absolute Gasteiger partial charge is 0.238 e. The number of rotatable bonds is 5. The molecule has 5 rings (SSSR count). The Balaban J connectivity index is 1.42. The number of hydrogen-bond acceptors (Lipinski definition) is 6. The first-order valence-corrected chi connectivity index (χ1v) is 12.3. The Labute approximate surface area is 192 Å². The summed E-state index contributed by atoms with van der Waals surface area (Å²) in [5, 5.41) is 5.22. The lowest BCUT2D eigenvalue weighted by Crippen LogP contribution is -2.36. The van der Waals surface area contributed by atoms with Gasteiger partial charge in [0.1, 0.15) is 5.82 Å². The van der Waals surface area contributed by atoms with Crippen LogP contribution in [0.3, 0.4) is 0 Å². The minimum atomic E-state index is -3.73. The van der Waals surface area contributed by atoms with Gasteiger partial charge in [-0.15, -0.1) is 0 Å². The molecule has 0 spiro atoms. The molecule has 0 bridgehead atoms. The van der Waals surface area contributed by atoms with Gasteiger partial charge in [0.05, 0.1) is 35.3 Å². The number of ether oxygens (including phenoxy) is 1. The van der Waals surface area contributed by atoms with E-state index in [0.29, 0.717) is 6.42 Å². The number of fused-ring (bicyclic) bond motifs is 1. The van der Waals surface area contributed by atoms with Gasteiger partial charge in [0.15, 0.2) is 0 Å². The van der Waals surface area contributed by atoms with Crippen LogP contribution in [0.1, 0.15) is 11.4 Å². The third-order valence-corrected chi connectivity index (χ3v) is 6.88. The summed E-state index contributed by atoms with van der Waals surface area (Å²) in [6.45, 7) is 3.35. The van der Waals surface area contributed by atoms with Gasteiger partial charge >= 0.3 is 0 Å². The van der Waals surface area contributed by atoms with Gasteiger partial charge in [-0.1, -0.05) is 24.3 Å². The van der Waals surface area contributed by atoms with Crippen LogP contribution in [0.2, 0.25) is 0 Å². The number of anilines is 1. The summed E-state index contributed by atoms with van der Waals surface area (Å²) in [4.78, 5) is 11.8. The Hall–Kier alpha value is -3.27. The van der Waals surface area contributed by atoms with E-state index in [1.807, 2.05) is 24.0 Å². The number of nitrogens with zero attached hydrogens (tertiary/aromatic N) is 4. The average molecular weight is 464 g/mol. The second kappa shape index (κ2) is 8.58. The van der Waals surface area contributed by atoms with E-state index in [1.165, 1.54) is 17.8 Å². The maximum atomic E-state index is 11.6. The molecular formula is C24H25N5O3S. The number of nitrogens with two attached hydrogens (primary N) is 1. The Bertz CT molecular complexity index is 1390. The third kappa shape index (κ3) is 4.47. The number of morpholine rings is 1. The van der Waals surface area contributed by atoms with Crippen molar-refractivity contribution in [2.24, 2.45) is 12.2 Å². The van der Waals surface area contributed by atoms with Crippen molar-refractivity contribution in [1.82, 2.24) is 14.5 Å². The van der Waals surface area contributed by atoms with E-state index in [0.717, 1.165) is 59.9 Å². The van der Waals surface area contributed by atoms with E-state index in [1.54, 1.807) is 12.1 Å². The van der Waals surface area contributed by atoms with Crippen LogP contribution < -0.4 is 10.0 Å². The van der Waals surface area contributed by atoms with Gasteiger partial charge in [-0.05, 0) is 35.4 Å². The second-order valence-corrected chi connectivity index (χ2v) is 9.75. The zero-order valence-electron chi connectivity index (χ0n) is 18.3. The molecule has 2 aromatic heterocycles. The molecule has 4 aromatic rings. The lowest BCUT2D eigenvalue weighted by Gasteiger charge is -2.28. The van der Waals surface area contributed by atoms with E-state index in [-0.39, 0.29) is 4.90 Å². The van der Waals surface area contributed by atoms with Crippen LogP contribution in [0.15, 0.2) is 65.8 Å². The van der Waals surface area contributed by atoms with Gasteiger partial charge in [0, 0.05) is 44.0 Å². The molecule has 33 heavy (non-hydrogen) atoms. The molecule has 1 fully saturated rings. The van der Waals surface area contributed by atoms with Gasteiger partial charge in [0.25, 0.3) is 0 Å². The van der Waals surface area contributed by atoms with E-state index < -0.39 is 10.0 Å². The molecule has 1 saturated heterocycles. The van der Waals surface area contributed by atoms with Gasteiger partial charge in [-0.2, -0.15) is 0 Å². The van der Waals surface area contributed by atoms with Crippen LogP contribution in [0, 0.1) is 0 Å². The highest BCUT2D eigenvalue weighted by Gasteiger charge is 2.15. The third-order valence-electron chi connectivity index (χ3n) is 5.95. The van der Waals surface area contributed by atoms with Crippen molar-refractivity contribution in [1.29, 1.82) is 0 Å². The zero-order chi connectivity index (χ0) is 23.0. The normalized spacial score (nSPS) is 14.7. The number of aryl methyl sites for hydroxylation is 1. The molecule has 9 heteroatoms. The minimum Gasteiger partial charge on any atom is -0.378 e. The highest BCUT2D eigenvalue weighted by molar-refractivity contribution is 7.89. The predicted molar refractivity (Wildman–Crippen MR) is 128 cm³/mol. The lowest BCUT2D eigenvalue weighted by atomic mass is 10.1. The average Bonchev–Trinajstić information content (AvgIpc) is 3.15. The van der Waals surface area contributed by atoms with Crippen molar-refractivity contribution in [2.45, 2.75) is 11.3 Å². The molecule has 2 aromatic carbocycles. The van der Waals surface area contributed by atoms with Crippen molar-refractivity contribution in [3.05, 3.63) is 72.3 Å². The molecule has 0 aliphatic carbocycles. The fourth-order valence-corrected chi connectivity index (χ4v) is 4.66. The standard InChI is InChI=1S/C24H25N5O3S/c1-28-16-21(18-4-8-20(9-5-18)33(25,30)31)24-22(28)15-26-23(27-24)14-17-2-6-19(7-3-17)29-10-12-32-13-11-29/h2-9,15-16H,10-14H2,1H3,(H2,25,30,31). The molecule has 3 heterocycles. The van der Waals surface area contributed by atoms with Crippen LogP contribution in [0.25, 0.3) is 22.2 Å². The summed E-state index contributed by atoms with van der Waals surface area (Å²) in [5.41, 5.74) is 5.86. The summed E-state index contributed by atoms with van der Waals surface area (Å²) in [7, 11) is -1.79. The van der Waals surface area contributed by atoms with Gasteiger partial charge in [0.2, 0.25) is 10.0 Å². The van der Waals surface area contributed by atoms with Gasteiger partial charge < -0.3 is 14.2 Å². The molecule has 1 aliphatic heterocycles. The van der Waals surface area contributed by atoms with Crippen molar-refractivity contribution in [3.8, 4) is 11.1 Å². The first-order valence-electron chi connectivity index (χ1n) is 10.7. The van der Waals surface area contributed by atoms with Crippen molar-refractivity contribution < 1.29 is 13.2 Å². The maximum absolute atomic E-state index is 11.6. The Kier molecular flexibility index (Phi) is 5.61. The minimum absolute atomic E-state index is 0.0855. The maximum Gasteiger partial charge on any atom is 0.238 e. The van der Waals surface area contributed by atoms with Crippen LogP contribution >= 0.6 is 0 Å². The fraction of sp³-hybridized carbons (Fsp3) is 0.250. The van der Waals surface area contributed by atoms with E-state index in [2.05, 4.69) is 34.1 Å². The number of benzene rings is 2. The summed E-state index contributed by atoms with van der Waals surface area (Å²) in [5.74, 6) is 0.732. The first kappa shape index (κ1) is 21.6. The molecule has 0 amide bonds. The van der Waals surface area contributed by atoms with Gasteiger partial charge in [-0.3, -0.25) is 0 Å². The van der Waals surface area contributed by atoms with Crippen LogP contribution in [0.5, 0.6) is 0 Å². The molecule has 8 nitrogen and oxygen atoms in total. The molecule has 1 aliphatic rings. The van der Waals surface area contributed by atoms with Crippen LogP contribution in [-0.2, 0) is 28.2 Å². The SMILES string of the molecule is Cn1cc(-c2ccc(S(N)(=O)=O)cc2)c2nc(Cc3ccc(N4CCOCC4)cc3)ncc21.